The number of hydrogen-bond donors (Lipinski definition) is 1. The Labute approximate surface area is 117 Å². The fraction of sp³-hybridized carbons (Fsp3) is 0.500. The molecule has 0 aliphatic carbocycles. The van der Waals surface area contributed by atoms with Crippen molar-refractivity contribution in [2.45, 2.75) is 25.8 Å². The number of carbonyl (C=O) groups excluding carboxylic acids is 1. The monoisotopic (exact) mass is 277 g/mol. The third-order valence-corrected chi connectivity index (χ3v) is 3.50. The predicted octanol–water partition coefficient (Wildman–Crippen LogP) is 1.81. The second-order valence-corrected chi connectivity index (χ2v) is 4.95. The van der Waals surface area contributed by atoms with Crippen LogP contribution < -0.4 is 5.32 Å². The number of carbonyl (C=O) groups is 1. The van der Waals surface area contributed by atoms with Gasteiger partial charge in [0.25, 0.3) is 11.6 Å². The summed E-state index contributed by atoms with van der Waals surface area (Å²) in [6.07, 6.45) is 1.80. The van der Waals surface area contributed by atoms with Crippen LogP contribution in [0.2, 0.25) is 0 Å². The molecular formula is C14H19N3O3. The fourth-order valence-electron chi connectivity index (χ4n) is 2.51. The van der Waals surface area contributed by atoms with Gasteiger partial charge in [0, 0.05) is 36.8 Å². The van der Waals surface area contributed by atoms with E-state index in [0.717, 1.165) is 25.9 Å². The molecule has 20 heavy (non-hydrogen) atoms. The molecule has 1 aliphatic rings. The Bertz CT molecular complexity index is 498. The minimum absolute atomic E-state index is 0.0446. The first-order valence-corrected chi connectivity index (χ1v) is 6.89. The maximum atomic E-state index is 12.6. The molecule has 1 unspecified atom stereocenters. The number of amides is 1. The van der Waals surface area contributed by atoms with Gasteiger partial charge in [-0.25, -0.2) is 0 Å². The van der Waals surface area contributed by atoms with Crippen LogP contribution in [-0.4, -0.2) is 41.4 Å². The topological polar surface area (TPSA) is 75.5 Å². The van der Waals surface area contributed by atoms with Crippen LogP contribution >= 0.6 is 0 Å². The van der Waals surface area contributed by atoms with Gasteiger partial charge in [-0.1, -0.05) is 13.0 Å². The lowest BCUT2D eigenvalue weighted by atomic mass is 10.1. The number of benzene rings is 1. The van der Waals surface area contributed by atoms with Crippen LogP contribution in [0.1, 0.15) is 30.1 Å². The summed E-state index contributed by atoms with van der Waals surface area (Å²) in [4.78, 5) is 24.7. The normalized spacial score (nSPS) is 17.9. The lowest BCUT2D eigenvalue weighted by molar-refractivity contribution is -0.384. The molecule has 1 amide bonds. The molecule has 0 spiro atoms. The van der Waals surface area contributed by atoms with Gasteiger partial charge in [0.05, 0.1) is 4.92 Å². The number of nitro benzene ring substituents is 1. The molecule has 1 fully saturated rings. The first-order valence-electron chi connectivity index (χ1n) is 6.89. The summed E-state index contributed by atoms with van der Waals surface area (Å²) in [5.74, 6) is -0.121. The second-order valence-electron chi connectivity index (χ2n) is 4.95. The minimum atomic E-state index is -0.474. The van der Waals surface area contributed by atoms with Crippen molar-refractivity contribution in [3.8, 4) is 0 Å². The number of non-ortho nitro benzene ring substituents is 1. The van der Waals surface area contributed by atoms with Gasteiger partial charge in [-0.2, -0.15) is 0 Å². The number of rotatable bonds is 5. The summed E-state index contributed by atoms with van der Waals surface area (Å²) in [7, 11) is 0. The molecule has 6 heteroatoms. The smallest absolute Gasteiger partial charge is 0.270 e. The van der Waals surface area contributed by atoms with Crippen LogP contribution in [0.25, 0.3) is 0 Å². The lowest BCUT2D eigenvalue weighted by Gasteiger charge is -2.28. The Hall–Kier alpha value is -1.95. The van der Waals surface area contributed by atoms with Crippen molar-refractivity contribution in [3.63, 3.8) is 0 Å². The summed E-state index contributed by atoms with van der Waals surface area (Å²) in [5, 5.41) is 14.0. The summed E-state index contributed by atoms with van der Waals surface area (Å²) in [6, 6.07) is 6.13. The van der Waals surface area contributed by atoms with Gasteiger partial charge in [0.15, 0.2) is 0 Å². The molecule has 1 aromatic rings. The summed E-state index contributed by atoms with van der Waals surface area (Å²) in [6.45, 7) is 4.40. The maximum absolute atomic E-state index is 12.6. The third-order valence-electron chi connectivity index (χ3n) is 3.50. The third kappa shape index (κ3) is 3.14. The van der Waals surface area contributed by atoms with E-state index in [1.54, 1.807) is 12.1 Å². The molecular weight excluding hydrogens is 258 g/mol. The average molecular weight is 277 g/mol. The van der Waals surface area contributed by atoms with E-state index in [4.69, 9.17) is 0 Å². The van der Waals surface area contributed by atoms with Gasteiger partial charge >= 0.3 is 0 Å². The van der Waals surface area contributed by atoms with E-state index in [2.05, 4.69) is 5.32 Å². The number of nitrogens with one attached hydrogen (secondary N) is 1. The Balaban J connectivity index is 2.22. The molecule has 0 bridgehead atoms. The predicted molar refractivity (Wildman–Crippen MR) is 75.7 cm³/mol. The molecule has 0 aromatic heterocycles. The molecule has 1 aromatic carbocycles. The van der Waals surface area contributed by atoms with Gasteiger partial charge in [0.2, 0.25) is 0 Å². The van der Waals surface area contributed by atoms with Gasteiger partial charge < -0.3 is 10.2 Å². The molecule has 1 saturated heterocycles. The Morgan fingerprint density at radius 3 is 2.95 bits per heavy atom. The van der Waals surface area contributed by atoms with Crippen LogP contribution in [0.4, 0.5) is 5.69 Å². The number of nitrogens with zero attached hydrogens (tertiary/aromatic N) is 2. The van der Waals surface area contributed by atoms with Crippen molar-refractivity contribution in [1.29, 1.82) is 0 Å². The van der Waals surface area contributed by atoms with Crippen LogP contribution in [-0.2, 0) is 0 Å². The largest absolute Gasteiger partial charge is 0.334 e. The van der Waals surface area contributed by atoms with Crippen molar-refractivity contribution >= 4 is 11.6 Å². The Kier molecular flexibility index (Phi) is 4.68. The second kappa shape index (κ2) is 6.47. The van der Waals surface area contributed by atoms with Gasteiger partial charge in [-0.3, -0.25) is 14.9 Å². The zero-order valence-corrected chi connectivity index (χ0v) is 11.5. The fourth-order valence-corrected chi connectivity index (χ4v) is 2.51. The molecule has 0 saturated carbocycles. The average Bonchev–Trinajstić information content (AvgIpc) is 2.98. The van der Waals surface area contributed by atoms with Crippen molar-refractivity contribution in [3.05, 3.63) is 39.9 Å². The molecule has 1 aliphatic heterocycles. The summed E-state index contributed by atoms with van der Waals surface area (Å²) < 4.78 is 0. The van der Waals surface area contributed by atoms with E-state index >= 15 is 0 Å². The molecule has 1 atom stereocenters. The van der Waals surface area contributed by atoms with Crippen LogP contribution in [0.5, 0.6) is 0 Å². The zero-order valence-electron chi connectivity index (χ0n) is 11.5. The first-order chi connectivity index (χ1) is 9.63. The van der Waals surface area contributed by atoms with E-state index in [0.29, 0.717) is 12.1 Å². The highest BCUT2D eigenvalue weighted by molar-refractivity contribution is 5.95. The number of hydrogen-bond acceptors (Lipinski definition) is 4. The van der Waals surface area contributed by atoms with Gasteiger partial charge in [-0.15, -0.1) is 0 Å². The molecule has 6 nitrogen and oxygen atoms in total. The summed E-state index contributed by atoms with van der Waals surface area (Å²) in [5.41, 5.74) is 0.344. The van der Waals surface area contributed by atoms with E-state index in [1.807, 2.05) is 11.8 Å². The van der Waals surface area contributed by atoms with Crippen molar-refractivity contribution in [2.24, 2.45) is 0 Å². The van der Waals surface area contributed by atoms with Crippen molar-refractivity contribution in [2.75, 3.05) is 19.6 Å². The Morgan fingerprint density at radius 1 is 1.55 bits per heavy atom. The molecule has 0 radical (unpaired) electrons. The van der Waals surface area contributed by atoms with Crippen molar-refractivity contribution in [1.82, 2.24) is 10.2 Å². The minimum Gasteiger partial charge on any atom is -0.334 e. The zero-order chi connectivity index (χ0) is 14.5. The first kappa shape index (κ1) is 14.5. The number of nitro groups is 1. The van der Waals surface area contributed by atoms with E-state index in [1.165, 1.54) is 12.1 Å². The highest BCUT2D eigenvalue weighted by Gasteiger charge is 2.27. The van der Waals surface area contributed by atoms with E-state index in [9.17, 15) is 14.9 Å². The van der Waals surface area contributed by atoms with E-state index < -0.39 is 4.92 Å². The Morgan fingerprint density at radius 2 is 2.35 bits per heavy atom. The molecule has 108 valence electrons. The molecule has 2 rings (SSSR count). The lowest BCUT2D eigenvalue weighted by Crippen LogP contribution is -2.42. The summed E-state index contributed by atoms with van der Waals surface area (Å²) >= 11 is 0. The van der Waals surface area contributed by atoms with Crippen LogP contribution in [0, 0.1) is 10.1 Å². The standard InChI is InChI=1S/C14H19N3O3/c1-2-8-16(13-6-7-15-10-13)14(18)11-4-3-5-12(9-11)17(19)20/h3-5,9,13,15H,2,6-8,10H2,1H3. The molecule has 1 heterocycles. The van der Waals surface area contributed by atoms with Gasteiger partial charge in [-0.05, 0) is 25.5 Å². The van der Waals surface area contributed by atoms with Crippen LogP contribution in [0.15, 0.2) is 24.3 Å². The SMILES string of the molecule is CCCN(C(=O)c1cccc([N+](=O)[O-])c1)C1CCNC1. The maximum Gasteiger partial charge on any atom is 0.270 e. The van der Waals surface area contributed by atoms with Crippen LogP contribution in [0.3, 0.4) is 0 Å². The van der Waals surface area contributed by atoms with Crippen molar-refractivity contribution < 1.29 is 9.72 Å². The quantitative estimate of drug-likeness (QED) is 0.658. The van der Waals surface area contributed by atoms with Gasteiger partial charge in [0.1, 0.15) is 0 Å². The molecule has 1 N–H and O–H groups in total. The highest BCUT2D eigenvalue weighted by atomic mass is 16.6. The highest BCUT2D eigenvalue weighted by Crippen LogP contribution is 2.18. The van der Waals surface area contributed by atoms with E-state index in [-0.39, 0.29) is 17.6 Å².